The van der Waals surface area contributed by atoms with Crippen LogP contribution in [0.2, 0.25) is 0 Å². The van der Waals surface area contributed by atoms with Crippen molar-refractivity contribution in [2.24, 2.45) is 0 Å². The zero-order valence-electron chi connectivity index (χ0n) is 7.71. The predicted molar refractivity (Wildman–Crippen MR) is 52.3 cm³/mol. The third-order valence-electron chi connectivity index (χ3n) is 1.87. The smallest absolute Gasteiger partial charge is 0.423 e. The van der Waals surface area contributed by atoms with Crippen LogP contribution in [-0.2, 0) is 0 Å². The van der Waals surface area contributed by atoms with E-state index in [0.717, 1.165) is 0 Å². The van der Waals surface area contributed by atoms with Crippen LogP contribution >= 0.6 is 0 Å². The summed E-state index contributed by atoms with van der Waals surface area (Å²) in [5, 5.41) is 26.6. The first-order chi connectivity index (χ1) is 6.52. The van der Waals surface area contributed by atoms with Crippen LogP contribution in [0.4, 0.5) is 0 Å². The van der Waals surface area contributed by atoms with Gasteiger partial charge >= 0.3 is 7.12 Å². The lowest BCUT2D eigenvalue weighted by atomic mass is 9.80. The van der Waals surface area contributed by atoms with E-state index < -0.39 is 13.2 Å². The maximum Gasteiger partial charge on any atom is 0.488 e. The van der Waals surface area contributed by atoms with Crippen LogP contribution in [0.3, 0.4) is 0 Å². The van der Waals surface area contributed by atoms with Crippen molar-refractivity contribution < 1.29 is 19.9 Å². The summed E-state index contributed by atoms with van der Waals surface area (Å²) in [6.07, 6.45) is -1.04. The highest BCUT2D eigenvalue weighted by Crippen LogP contribution is 2.02. The molecule has 1 rings (SSSR count). The second kappa shape index (κ2) is 4.37. The maximum absolute atomic E-state index is 11.3. The molecule has 0 heterocycles. The van der Waals surface area contributed by atoms with Crippen molar-refractivity contribution in [3.63, 3.8) is 0 Å². The number of Topliss-reactive ketones (excluding diaryl/α,β-unsaturated/α-hetero) is 1. The van der Waals surface area contributed by atoms with Crippen molar-refractivity contribution in [2.45, 2.75) is 13.0 Å². The van der Waals surface area contributed by atoms with Gasteiger partial charge < -0.3 is 15.2 Å². The molecular weight excluding hydrogens is 183 g/mol. The molecule has 4 nitrogen and oxygen atoms in total. The lowest BCUT2D eigenvalue weighted by Crippen LogP contribution is -2.29. The van der Waals surface area contributed by atoms with Crippen LogP contribution in [0.25, 0.3) is 0 Å². The Balaban J connectivity index is 2.89. The number of ketones is 1. The number of benzene rings is 1. The molecule has 0 aliphatic heterocycles. The fourth-order valence-corrected chi connectivity index (χ4v) is 1.06. The largest absolute Gasteiger partial charge is 0.488 e. The van der Waals surface area contributed by atoms with Crippen LogP contribution in [0, 0.1) is 0 Å². The predicted octanol–water partition coefficient (Wildman–Crippen LogP) is -1.07. The van der Waals surface area contributed by atoms with E-state index in [-0.39, 0.29) is 5.78 Å². The van der Waals surface area contributed by atoms with Crippen molar-refractivity contribution >= 4 is 18.4 Å². The van der Waals surface area contributed by atoms with Crippen molar-refractivity contribution in [2.75, 3.05) is 0 Å². The third-order valence-corrected chi connectivity index (χ3v) is 1.87. The summed E-state index contributed by atoms with van der Waals surface area (Å²) in [5.41, 5.74) is 0.663. The second-order valence-corrected chi connectivity index (χ2v) is 3.04. The van der Waals surface area contributed by atoms with Crippen LogP contribution < -0.4 is 5.46 Å². The molecule has 0 fully saturated rings. The average molecular weight is 194 g/mol. The number of carbonyl (C=O) groups excluding carboxylic acids is 1. The Bertz CT molecular complexity index is 318. The van der Waals surface area contributed by atoms with E-state index >= 15 is 0 Å². The summed E-state index contributed by atoms with van der Waals surface area (Å²) < 4.78 is 0. The summed E-state index contributed by atoms with van der Waals surface area (Å²) in [4.78, 5) is 11.3. The summed E-state index contributed by atoms with van der Waals surface area (Å²) in [6.45, 7) is 1.39. The normalized spacial score (nSPS) is 12.3. The first kappa shape index (κ1) is 10.9. The number of carbonyl (C=O) groups is 1. The van der Waals surface area contributed by atoms with Gasteiger partial charge in [0.15, 0.2) is 5.78 Å². The van der Waals surface area contributed by atoms with Crippen molar-refractivity contribution in [1.82, 2.24) is 0 Å². The van der Waals surface area contributed by atoms with Crippen molar-refractivity contribution in [1.29, 1.82) is 0 Å². The molecule has 1 atom stereocenters. The van der Waals surface area contributed by atoms with Gasteiger partial charge in [0.1, 0.15) is 6.10 Å². The summed E-state index contributed by atoms with van der Waals surface area (Å²) in [7, 11) is -1.54. The first-order valence-corrected chi connectivity index (χ1v) is 4.20. The highest BCUT2D eigenvalue weighted by Gasteiger charge is 2.14. The van der Waals surface area contributed by atoms with Gasteiger partial charge in [-0.05, 0) is 12.4 Å². The minimum absolute atomic E-state index is 0.312. The van der Waals surface area contributed by atoms with E-state index in [1.165, 1.54) is 31.2 Å². The van der Waals surface area contributed by atoms with Crippen LogP contribution in [0.15, 0.2) is 24.3 Å². The minimum Gasteiger partial charge on any atom is -0.423 e. The molecule has 0 saturated carbocycles. The number of hydrogen-bond donors (Lipinski definition) is 3. The zero-order valence-corrected chi connectivity index (χ0v) is 7.71. The number of hydrogen-bond acceptors (Lipinski definition) is 4. The molecule has 0 amide bonds. The van der Waals surface area contributed by atoms with E-state index in [4.69, 9.17) is 15.2 Å². The lowest BCUT2D eigenvalue weighted by molar-refractivity contribution is 0.0779. The molecule has 0 radical (unpaired) electrons. The molecule has 0 aromatic heterocycles. The molecular formula is C9H11BO4. The molecule has 0 bridgehead atoms. The molecule has 1 aromatic rings. The summed E-state index contributed by atoms with van der Waals surface area (Å²) in [6, 6.07) is 5.76. The second-order valence-electron chi connectivity index (χ2n) is 3.04. The Labute approximate surface area is 82.0 Å². The van der Waals surface area contributed by atoms with Crippen molar-refractivity contribution in [3.8, 4) is 0 Å². The number of aliphatic hydroxyl groups is 1. The lowest BCUT2D eigenvalue weighted by Gasteiger charge is -2.04. The van der Waals surface area contributed by atoms with Gasteiger partial charge in [-0.1, -0.05) is 24.3 Å². The standard InChI is InChI=1S/C9H11BO4/c1-6(11)9(12)7-2-4-8(5-3-7)10(13)14/h2-6,11,13-14H,1H3. The number of aliphatic hydroxyl groups excluding tert-OH is 1. The van der Waals surface area contributed by atoms with Gasteiger partial charge in [0.05, 0.1) is 0 Å². The molecule has 0 aliphatic carbocycles. The molecule has 74 valence electrons. The van der Waals surface area contributed by atoms with Gasteiger partial charge in [0.25, 0.3) is 0 Å². The average Bonchev–Trinajstić information content (AvgIpc) is 2.16. The van der Waals surface area contributed by atoms with Crippen LogP contribution in [0.1, 0.15) is 17.3 Å². The van der Waals surface area contributed by atoms with E-state index in [9.17, 15) is 4.79 Å². The van der Waals surface area contributed by atoms with E-state index in [2.05, 4.69) is 0 Å². The Kier molecular flexibility index (Phi) is 3.40. The zero-order chi connectivity index (χ0) is 10.7. The molecule has 3 N–H and O–H groups in total. The third kappa shape index (κ3) is 2.41. The Hall–Kier alpha value is -1.17. The SMILES string of the molecule is CC(O)C(=O)c1ccc(B(O)O)cc1. The Morgan fingerprint density at radius 2 is 1.79 bits per heavy atom. The Morgan fingerprint density at radius 1 is 1.29 bits per heavy atom. The maximum atomic E-state index is 11.3. The van der Waals surface area contributed by atoms with Crippen LogP contribution in [0.5, 0.6) is 0 Å². The van der Waals surface area contributed by atoms with Crippen molar-refractivity contribution in [3.05, 3.63) is 29.8 Å². The molecule has 0 aliphatic rings. The summed E-state index contributed by atoms with van der Waals surface area (Å²) in [5.74, 6) is -0.385. The molecule has 1 unspecified atom stereocenters. The molecule has 5 heteroatoms. The highest BCUT2D eigenvalue weighted by atomic mass is 16.4. The van der Waals surface area contributed by atoms with Crippen LogP contribution in [-0.4, -0.2) is 34.2 Å². The van der Waals surface area contributed by atoms with E-state index in [1.807, 2.05) is 0 Å². The molecule has 1 aromatic carbocycles. The fraction of sp³-hybridized carbons (Fsp3) is 0.222. The van der Waals surface area contributed by atoms with E-state index in [1.54, 1.807) is 0 Å². The van der Waals surface area contributed by atoms with Gasteiger partial charge in [0.2, 0.25) is 0 Å². The quantitative estimate of drug-likeness (QED) is 0.423. The van der Waals surface area contributed by atoms with Gasteiger partial charge in [-0.2, -0.15) is 0 Å². The Morgan fingerprint density at radius 3 is 2.14 bits per heavy atom. The van der Waals surface area contributed by atoms with Gasteiger partial charge in [-0.15, -0.1) is 0 Å². The van der Waals surface area contributed by atoms with Gasteiger partial charge in [0, 0.05) is 5.56 Å². The fourth-order valence-electron chi connectivity index (χ4n) is 1.06. The van der Waals surface area contributed by atoms with E-state index in [0.29, 0.717) is 11.0 Å². The molecule has 0 spiro atoms. The minimum atomic E-state index is -1.54. The topological polar surface area (TPSA) is 77.8 Å². The molecule has 14 heavy (non-hydrogen) atoms. The first-order valence-electron chi connectivity index (χ1n) is 4.20. The van der Waals surface area contributed by atoms with Gasteiger partial charge in [-0.25, -0.2) is 0 Å². The monoisotopic (exact) mass is 194 g/mol. The van der Waals surface area contributed by atoms with Gasteiger partial charge in [-0.3, -0.25) is 4.79 Å². The molecule has 0 saturated heterocycles. The highest BCUT2D eigenvalue weighted by molar-refractivity contribution is 6.58. The summed E-state index contributed by atoms with van der Waals surface area (Å²) >= 11 is 0. The number of rotatable bonds is 3.